The minimum Gasteiger partial charge on any atom is -0.484 e. The average molecular weight is 693 g/mol. The first-order valence-electron chi connectivity index (χ1n) is 18.5. The van der Waals surface area contributed by atoms with Gasteiger partial charge in [-0.25, -0.2) is 0 Å². The Morgan fingerprint density at radius 3 is 1.22 bits per heavy atom. The molecule has 0 aliphatic carbocycles. The largest absolute Gasteiger partial charge is 0.484 e. The molecular formula is C47H64O4. The highest BCUT2D eigenvalue weighted by molar-refractivity contribution is 5.80. The van der Waals surface area contributed by atoms with Gasteiger partial charge in [0.2, 0.25) is 0 Å². The molecule has 4 rings (SSSR count). The van der Waals surface area contributed by atoms with E-state index in [4.69, 9.17) is 4.74 Å². The molecule has 276 valence electrons. The van der Waals surface area contributed by atoms with Crippen LogP contribution in [0.25, 0.3) is 22.3 Å². The van der Waals surface area contributed by atoms with Crippen LogP contribution in [0.2, 0.25) is 0 Å². The monoisotopic (exact) mass is 692 g/mol. The van der Waals surface area contributed by atoms with Crippen LogP contribution >= 0.6 is 0 Å². The smallest absolute Gasteiger partial charge is 0.137 e. The maximum atomic E-state index is 11.1. The van der Waals surface area contributed by atoms with Crippen LogP contribution in [0, 0.1) is 19.3 Å². The Morgan fingerprint density at radius 2 is 0.843 bits per heavy atom. The third-order valence-electron chi connectivity index (χ3n) is 10.3. The highest BCUT2D eigenvalue weighted by Gasteiger charge is 2.43. The molecule has 0 heterocycles. The lowest BCUT2D eigenvalue weighted by atomic mass is 9.71. The van der Waals surface area contributed by atoms with Gasteiger partial charge in [0.25, 0.3) is 0 Å². The first-order chi connectivity index (χ1) is 23.5. The molecule has 0 fully saturated rings. The number of aliphatic hydroxyl groups excluding tert-OH is 3. The van der Waals surface area contributed by atoms with Gasteiger partial charge in [-0.15, -0.1) is 0 Å². The standard InChI is InChI=1S/C47H64O4/c1-30-21-23-32(33(25-30)40-35(43(3,4)5)17-15-18-36(40)44(6,7)8)42(47(27-48,28-49)29-50)51-39-24-22-31(2)26-34(39)41-37(45(9,10)11)19-16-20-38(41)46(12,13)14/h15-26,42,48-50H,27-29H2,1-14H3. The molecule has 51 heavy (non-hydrogen) atoms. The molecule has 0 radical (unpaired) electrons. The van der Waals surface area contributed by atoms with Crippen LogP contribution in [0.1, 0.15) is 128 Å². The molecule has 0 amide bonds. The average Bonchev–Trinajstić information content (AvgIpc) is 3.03. The van der Waals surface area contributed by atoms with Crippen LogP contribution in [0.3, 0.4) is 0 Å². The van der Waals surface area contributed by atoms with E-state index >= 15 is 0 Å². The molecule has 4 aromatic rings. The summed E-state index contributed by atoms with van der Waals surface area (Å²) in [7, 11) is 0. The fraction of sp³-hybridized carbons (Fsp3) is 0.489. The number of ether oxygens (including phenoxy) is 1. The maximum Gasteiger partial charge on any atom is 0.137 e. The van der Waals surface area contributed by atoms with E-state index in [2.05, 4.69) is 158 Å². The molecule has 0 saturated carbocycles. The summed E-state index contributed by atoms with van der Waals surface area (Å²) < 4.78 is 7.29. The first kappa shape index (κ1) is 40.3. The van der Waals surface area contributed by atoms with Gasteiger partial charge >= 0.3 is 0 Å². The normalized spacial score (nSPS) is 13.7. The summed E-state index contributed by atoms with van der Waals surface area (Å²) >= 11 is 0. The Kier molecular flexibility index (Phi) is 11.5. The quantitative estimate of drug-likeness (QED) is 0.163. The van der Waals surface area contributed by atoms with Crippen LogP contribution in [-0.4, -0.2) is 35.1 Å². The van der Waals surface area contributed by atoms with Gasteiger partial charge in [0, 0.05) is 11.1 Å². The van der Waals surface area contributed by atoms with Gasteiger partial charge in [-0.1, -0.05) is 155 Å². The predicted octanol–water partition coefficient (Wildman–Crippen LogP) is 10.9. The van der Waals surface area contributed by atoms with Crippen molar-refractivity contribution in [1.82, 2.24) is 0 Å². The Bertz CT molecular complexity index is 1760. The minimum atomic E-state index is -1.40. The van der Waals surface area contributed by atoms with Crippen molar-refractivity contribution < 1.29 is 20.1 Å². The van der Waals surface area contributed by atoms with Gasteiger partial charge in [-0.2, -0.15) is 0 Å². The summed E-state index contributed by atoms with van der Waals surface area (Å²) in [4.78, 5) is 0. The molecule has 0 aliphatic heterocycles. The van der Waals surface area contributed by atoms with Crippen molar-refractivity contribution in [2.45, 2.75) is 125 Å². The molecule has 1 atom stereocenters. The number of hydrogen-bond acceptors (Lipinski definition) is 4. The highest BCUT2D eigenvalue weighted by Crippen LogP contribution is 2.50. The zero-order valence-electron chi connectivity index (χ0n) is 33.9. The summed E-state index contributed by atoms with van der Waals surface area (Å²) in [5.74, 6) is 0.638. The predicted molar refractivity (Wildman–Crippen MR) is 215 cm³/mol. The SMILES string of the molecule is Cc1ccc(OC(c2ccc(C)cc2-c2c(C(C)(C)C)cccc2C(C)(C)C)C(CO)(CO)CO)c(-c2c(C(C)(C)C)cccc2C(C)(C)C)c1. The zero-order chi connectivity index (χ0) is 38.3. The van der Waals surface area contributed by atoms with E-state index in [9.17, 15) is 15.3 Å². The van der Waals surface area contributed by atoms with Crippen molar-refractivity contribution in [3.8, 4) is 28.0 Å². The second kappa shape index (κ2) is 14.5. The summed E-state index contributed by atoms with van der Waals surface area (Å²) in [5.41, 5.74) is 9.94. The maximum absolute atomic E-state index is 11.1. The fourth-order valence-corrected chi connectivity index (χ4v) is 7.29. The van der Waals surface area contributed by atoms with Gasteiger partial charge < -0.3 is 20.1 Å². The molecular weight excluding hydrogens is 629 g/mol. The third kappa shape index (κ3) is 8.30. The summed E-state index contributed by atoms with van der Waals surface area (Å²) in [6.07, 6.45) is -0.907. The van der Waals surface area contributed by atoms with Gasteiger partial charge in [0.05, 0.1) is 25.2 Å². The van der Waals surface area contributed by atoms with E-state index in [0.29, 0.717) is 5.75 Å². The Balaban J connectivity index is 2.16. The van der Waals surface area contributed by atoms with Crippen LogP contribution in [0.5, 0.6) is 5.75 Å². The fourth-order valence-electron chi connectivity index (χ4n) is 7.29. The number of hydrogen-bond donors (Lipinski definition) is 3. The van der Waals surface area contributed by atoms with E-state index in [0.717, 1.165) is 38.9 Å². The molecule has 4 aromatic carbocycles. The molecule has 0 spiro atoms. The number of rotatable bonds is 9. The Labute approximate surface area is 308 Å². The minimum absolute atomic E-state index is 0.161. The van der Waals surface area contributed by atoms with E-state index in [1.54, 1.807) is 0 Å². The third-order valence-corrected chi connectivity index (χ3v) is 10.3. The summed E-state index contributed by atoms with van der Waals surface area (Å²) in [5, 5.41) is 33.3. The van der Waals surface area contributed by atoms with Crippen molar-refractivity contribution in [3.05, 3.63) is 112 Å². The molecule has 4 nitrogen and oxygen atoms in total. The van der Waals surface area contributed by atoms with Crippen molar-refractivity contribution in [2.24, 2.45) is 5.41 Å². The number of aliphatic hydroxyl groups is 3. The molecule has 0 aliphatic rings. The van der Waals surface area contributed by atoms with Gasteiger partial charge in [-0.3, -0.25) is 0 Å². The highest BCUT2D eigenvalue weighted by atomic mass is 16.5. The Morgan fingerprint density at radius 1 is 0.490 bits per heavy atom. The second-order valence-corrected chi connectivity index (χ2v) is 18.9. The lowest BCUT2D eigenvalue weighted by Crippen LogP contribution is -2.43. The van der Waals surface area contributed by atoms with Crippen molar-refractivity contribution in [2.75, 3.05) is 19.8 Å². The van der Waals surface area contributed by atoms with Crippen molar-refractivity contribution in [3.63, 3.8) is 0 Å². The number of benzene rings is 4. The molecule has 1 unspecified atom stereocenters. The topological polar surface area (TPSA) is 69.9 Å². The van der Waals surface area contributed by atoms with Crippen LogP contribution in [0.15, 0.2) is 72.8 Å². The van der Waals surface area contributed by atoms with Crippen LogP contribution in [0.4, 0.5) is 0 Å². The van der Waals surface area contributed by atoms with E-state index in [1.807, 2.05) is 12.1 Å². The van der Waals surface area contributed by atoms with E-state index in [-0.39, 0.29) is 21.7 Å². The van der Waals surface area contributed by atoms with Gasteiger partial charge in [0.1, 0.15) is 11.9 Å². The van der Waals surface area contributed by atoms with Gasteiger partial charge in [-0.05, 0) is 86.6 Å². The van der Waals surface area contributed by atoms with Crippen molar-refractivity contribution in [1.29, 1.82) is 0 Å². The molecule has 0 aromatic heterocycles. The molecule has 4 heteroatoms. The Hall–Kier alpha value is -3.44. The van der Waals surface area contributed by atoms with Gasteiger partial charge in [0.15, 0.2) is 0 Å². The van der Waals surface area contributed by atoms with Crippen LogP contribution < -0.4 is 4.74 Å². The summed E-state index contributed by atoms with van der Waals surface area (Å²) in [6.45, 7) is 29.6. The lowest BCUT2D eigenvalue weighted by molar-refractivity contribution is -0.0738. The zero-order valence-corrected chi connectivity index (χ0v) is 33.9. The van der Waals surface area contributed by atoms with Crippen LogP contribution in [-0.2, 0) is 21.7 Å². The molecule has 3 N–H and O–H groups in total. The molecule has 0 saturated heterocycles. The first-order valence-corrected chi connectivity index (χ1v) is 18.5. The van der Waals surface area contributed by atoms with E-state index < -0.39 is 31.3 Å². The lowest BCUT2D eigenvalue weighted by Gasteiger charge is -2.39. The van der Waals surface area contributed by atoms with Crippen molar-refractivity contribution >= 4 is 0 Å². The summed E-state index contributed by atoms with van der Waals surface area (Å²) in [6, 6.07) is 25.7. The van der Waals surface area contributed by atoms with E-state index in [1.165, 1.54) is 22.3 Å². The second-order valence-electron chi connectivity index (χ2n) is 18.9. The molecule has 0 bridgehead atoms. The number of aryl methyl sites for hydroxylation is 2.